The van der Waals surface area contributed by atoms with Crippen LogP contribution in [0.5, 0.6) is 0 Å². The zero-order valence-corrected chi connectivity index (χ0v) is 13.2. The summed E-state index contributed by atoms with van der Waals surface area (Å²) in [6.45, 7) is 3.27. The zero-order chi connectivity index (χ0) is 13.7. The van der Waals surface area contributed by atoms with Crippen LogP contribution >= 0.6 is 12.4 Å². The fourth-order valence-corrected chi connectivity index (χ4v) is 3.56. The standard InChI is InChI=1S/C17H19N3.ClH/c1-11-17-16(12-6-3-4-7-14(12)19-17)13(10-18-11)15-8-5-9-20(15)2;/h3-4,6-7,10,15,19H,5,8-9H2,1-2H3;1H. The van der Waals surface area contributed by atoms with Gasteiger partial charge in [0.05, 0.1) is 11.2 Å². The van der Waals surface area contributed by atoms with Crippen LogP contribution in [-0.2, 0) is 0 Å². The number of aryl methyl sites for hydroxylation is 1. The first kappa shape index (κ1) is 14.4. The number of nitrogens with one attached hydrogen (secondary N) is 1. The number of aromatic amines is 1. The molecule has 1 aliphatic rings. The van der Waals surface area contributed by atoms with E-state index >= 15 is 0 Å². The molecule has 3 heterocycles. The third-order valence-corrected chi connectivity index (χ3v) is 4.63. The number of benzene rings is 1. The largest absolute Gasteiger partial charge is 0.353 e. The molecule has 110 valence electrons. The molecule has 0 amide bonds. The highest BCUT2D eigenvalue weighted by Gasteiger charge is 2.26. The van der Waals surface area contributed by atoms with E-state index in [1.165, 1.54) is 46.8 Å². The van der Waals surface area contributed by atoms with E-state index in [4.69, 9.17) is 0 Å². The SMILES string of the molecule is Cc1ncc(C2CCCN2C)c2c1[nH]c1ccccc12.Cl. The lowest BCUT2D eigenvalue weighted by Crippen LogP contribution is -2.17. The molecule has 1 N–H and O–H groups in total. The van der Waals surface area contributed by atoms with Gasteiger partial charge in [-0.2, -0.15) is 0 Å². The van der Waals surface area contributed by atoms with Crippen molar-refractivity contribution in [3.63, 3.8) is 0 Å². The number of halogens is 1. The fourth-order valence-electron chi connectivity index (χ4n) is 3.56. The first-order valence-electron chi connectivity index (χ1n) is 7.32. The summed E-state index contributed by atoms with van der Waals surface area (Å²) >= 11 is 0. The second-order valence-corrected chi connectivity index (χ2v) is 5.86. The molecule has 1 aromatic carbocycles. The van der Waals surface area contributed by atoms with E-state index in [1.54, 1.807) is 0 Å². The Labute approximate surface area is 130 Å². The van der Waals surface area contributed by atoms with Crippen LogP contribution in [0.1, 0.15) is 30.1 Å². The van der Waals surface area contributed by atoms with Gasteiger partial charge < -0.3 is 4.98 Å². The Bertz CT molecular complexity index is 793. The average Bonchev–Trinajstić information content (AvgIpc) is 3.04. The normalized spacial score (nSPS) is 19.2. The lowest BCUT2D eigenvalue weighted by atomic mass is 10.00. The predicted molar refractivity (Wildman–Crippen MR) is 90.2 cm³/mol. The van der Waals surface area contributed by atoms with Gasteiger partial charge in [-0.25, -0.2) is 0 Å². The molecular weight excluding hydrogens is 282 g/mol. The molecule has 1 saturated heterocycles. The van der Waals surface area contributed by atoms with Crippen LogP contribution in [0, 0.1) is 6.92 Å². The van der Waals surface area contributed by atoms with Crippen molar-refractivity contribution in [2.45, 2.75) is 25.8 Å². The zero-order valence-electron chi connectivity index (χ0n) is 12.4. The first-order valence-corrected chi connectivity index (χ1v) is 7.32. The minimum absolute atomic E-state index is 0. The smallest absolute Gasteiger partial charge is 0.0684 e. The Morgan fingerprint density at radius 3 is 2.86 bits per heavy atom. The number of fused-ring (bicyclic) bond motifs is 3. The van der Waals surface area contributed by atoms with Crippen LogP contribution in [0.3, 0.4) is 0 Å². The van der Waals surface area contributed by atoms with Gasteiger partial charge in [-0.05, 0) is 45.0 Å². The van der Waals surface area contributed by atoms with Crippen LogP contribution < -0.4 is 0 Å². The highest BCUT2D eigenvalue weighted by Crippen LogP contribution is 2.38. The number of hydrogen-bond acceptors (Lipinski definition) is 2. The van der Waals surface area contributed by atoms with E-state index in [-0.39, 0.29) is 12.4 Å². The van der Waals surface area contributed by atoms with Gasteiger partial charge in [0.1, 0.15) is 0 Å². The van der Waals surface area contributed by atoms with Crippen LogP contribution in [-0.4, -0.2) is 28.5 Å². The molecule has 1 fully saturated rings. The third kappa shape index (κ3) is 2.12. The van der Waals surface area contributed by atoms with Gasteiger partial charge in [-0.3, -0.25) is 9.88 Å². The van der Waals surface area contributed by atoms with Crippen molar-refractivity contribution >= 4 is 34.2 Å². The van der Waals surface area contributed by atoms with Crippen molar-refractivity contribution < 1.29 is 0 Å². The molecule has 3 aromatic rings. The summed E-state index contributed by atoms with van der Waals surface area (Å²) in [7, 11) is 2.22. The van der Waals surface area contributed by atoms with Gasteiger partial charge in [0.15, 0.2) is 0 Å². The van der Waals surface area contributed by atoms with Crippen molar-refractivity contribution in [3.05, 3.63) is 41.7 Å². The molecule has 0 aliphatic carbocycles. The second-order valence-electron chi connectivity index (χ2n) is 5.86. The molecule has 1 unspecified atom stereocenters. The molecule has 0 bridgehead atoms. The molecule has 0 radical (unpaired) electrons. The summed E-state index contributed by atoms with van der Waals surface area (Å²) in [4.78, 5) is 10.6. The number of H-pyrrole nitrogens is 1. The molecule has 21 heavy (non-hydrogen) atoms. The lowest BCUT2D eigenvalue weighted by molar-refractivity contribution is 0.318. The highest BCUT2D eigenvalue weighted by molar-refractivity contribution is 6.09. The minimum Gasteiger partial charge on any atom is -0.353 e. The molecule has 1 atom stereocenters. The quantitative estimate of drug-likeness (QED) is 0.730. The van der Waals surface area contributed by atoms with Gasteiger partial charge in [0.25, 0.3) is 0 Å². The molecule has 2 aromatic heterocycles. The predicted octanol–water partition coefficient (Wildman–Crippen LogP) is 4.21. The number of rotatable bonds is 1. The first-order chi connectivity index (χ1) is 9.75. The monoisotopic (exact) mass is 301 g/mol. The van der Waals surface area contributed by atoms with Crippen LogP contribution in [0.25, 0.3) is 21.8 Å². The van der Waals surface area contributed by atoms with E-state index in [9.17, 15) is 0 Å². The second kappa shape index (κ2) is 5.32. The molecule has 1 aliphatic heterocycles. The van der Waals surface area contributed by atoms with Crippen molar-refractivity contribution in [1.82, 2.24) is 14.9 Å². The number of likely N-dealkylation sites (tertiary alicyclic amines) is 1. The summed E-state index contributed by atoms with van der Waals surface area (Å²) in [5, 5.41) is 2.69. The molecular formula is C17H20ClN3. The molecule has 4 rings (SSSR count). The maximum Gasteiger partial charge on any atom is 0.0684 e. The summed E-state index contributed by atoms with van der Waals surface area (Å²) in [5.74, 6) is 0. The summed E-state index contributed by atoms with van der Waals surface area (Å²) in [6.07, 6.45) is 4.60. The van der Waals surface area contributed by atoms with Crippen LogP contribution in [0.15, 0.2) is 30.5 Å². The van der Waals surface area contributed by atoms with E-state index in [2.05, 4.69) is 59.3 Å². The van der Waals surface area contributed by atoms with Crippen molar-refractivity contribution in [3.8, 4) is 0 Å². The fraction of sp³-hybridized carbons (Fsp3) is 0.353. The minimum atomic E-state index is 0. The maximum absolute atomic E-state index is 4.62. The van der Waals surface area contributed by atoms with Gasteiger partial charge in [0.2, 0.25) is 0 Å². The van der Waals surface area contributed by atoms with Crippen LogP contribution in [0.4, 0.5) is 0 Å². The molecule has 0 spiro atoms. The summed E-state index contributed by atoms with van der Waals surface area (Å²) in [5.41, 5.74) is 4.87. The van der Waals surface area contributed by atoms with Crippen molar-refractivity contribution in [1.29, 1.82) is 0 Å². The van der Waals surface area contributed by atoms with E-state index < -0.39 is 0 Å². The Hall–Kier alpha value is -1.58. The molecule has 3 nitrogen and oxygen atoms in total. The Balaban J connectivity index is 0.00000132. The Morgan fingerprint density at radius 1 is 1.29 bits per heavy atom. The van der Waals surface area contributed by atoms with Crippen molar-refractivity contribution in [2.24, 2.45) is 0 Å². The number of aromatic nitrogens is 2. The third-order valence-electron chi connectivity index (χ3n) is 4.63. The van der Waals surface area contributed by atoms with Gasteiger partial charge in [-0.1, -0.05) is 18.2 Å². The topological polar surface area (TPSA) is 31.9 Å². The number of para-hydroxylation sites is 1. The van der Waals surface area contributed by atoms with E-state index in [0.717, 1.165) is 5.69 Å². The molecule has 4 heteroatoms. The van der Waals surface area contributed by atoms with Gasteiger partial charge >= 0.3 is 0 Å². The van der Waals surface area contributed by atoms with Gasteiger partial charge in [0, 0.05) is 28.5 Å². The number of pyridine rings is 1. The van der Waals surface area contributed by atoms with Crippen molar-refractivity contribution in [2.75, 3.05) is 13.6 Å². The lowest BCUT2D eigenvalue weighted by Gasteiger charge is -2.20. The Kier molecular flexibility index (Phi) is 3.64. The van der Waals surface area contributed by atoms with Crippen LogP contribution in [0.2, 0.25) is 0 Å². The van der Waals surface area contributed by atoms with E-state index in [1.807, 2.05) is 0 Å². The van der Waals surface area contributed by atoms with Gasteiger partial charge in [-0.15, -0.1) is 12.4 Å². The number of hydrogen-bond donors (Lipinski definition) is 1. The Morgan fingerprint density at radius 2 is 2.10 bits per heavy atom. The number of nitrogens with zero attached hydrogens (tertiary/aromatic N) is 2. The summed E-state index contributed by atoms with van der Waals surface area (Å²) in [6, 6.07) is 9.07. The average molecular weight is 302 g/mol. The summed E-state index contributed by atoms with van der Waals surface area (Å²) < 4.78 is 0. The maximum atomic E-state index is 4.62. The molecule has 0 saturated carbocycles. The van der Waals surface area contributed by atoms with E-state index in [0.29, 0.717) is 6.04 Å². The highest BCUT2D eigenvalue weighted by atomic mass is 35.5.